The second-order valence-electron chi connectivity index (χ2n) is 3.48. The van der Waals surface area contributed by atoms with Crippen LogP contribution in [0.25, 0.3) is 5.57 Å². The fourth-order valence-electron chi connectivity index (χ4n) is 1.50. The highest BCUT2D eigenvalue weighted by molar-refractivity contribution is 5.65. The zero-order valence-corrected chi connectivity index (χ0v) is 8.43. The van der Waals surface area contributed by atoms with Gasteiger partial charge in [-0.2, -0.15) is 0 Å². The number of benzene rings is 1. The van der Waals surface area contributed by atoms with Crippen LogP contribution in [0.15, 0.2) is 24.8 Å². The summed E-state index contributed by atoms with van der Waals surface area (Å²) in [7, 11) is 0. The van der Waals surface area contributed by atoms with Crippen LogP contribution in [0.4, 0.5) is 0 Å². The lowest BCUT2D eigenvalue weighted by Gasteiger charge is -2.09. The molecule has 13 heavy (non-hydrogen) atoms. The van der Waals surface area contributed by atoms with Crippen LogP contribution in [0.2, 0.25) is 0 Å². The average molecular weight is 175 g/mol. The van der Waals surface area contributed by atoms with Crippen molar-refractivity contribution in [2.24, 2.45) is 5.73 Å². The van der Waals surface area contributed by atoms with E-state index in [1.54, 1.807) is 0 Å². The van der Waals surface area contributed by atoms with Crippen LogP contribution in [0.5, 0.6) is 0 Å². The molecule has 0 saturated carbocycles. The average Bonchev–Trinajstić information content (AvgIpc) is 2.04. The Kier molecular flexibility index (Phi) is 3.26. The topological polar surface area (TPSA) is 26.0 Å². The Hall–Kier alpha value is -1.08. The first-order valence-corrected chi connectivity index (χ1v) is 4.60. The standard InChI is InChI=1S/C12H17N/c1-9(2)12-5-4-10(3)8-11(12)6-7-13/h4-5,8H,1,6-7,13H2,2-3H3. The van der Waals surface area contributed by atoms with Crippen LogP contribution >= 0.6 is 0 Å². The molecule has 0 aliphatic carbocycles. The molecular weight excluding hydrogens is 158 g/mol. The first kappa shape index (κ1) is 10.0. The summed E-state index contributed by atoms with van der Waals surface area (Å²) in [6, 6.07) is 6.43. The van der Waals surface area contributed by atoms with E-state index in [2.05, 4.69) is 31.7 Å². The van der Waals surface area contributed by atoms with E-state index in [9.17, 15) is 0 Å². The Morgan fingerprint density at radius 2 is 2.15 bits per heavy atom. The fourth-order valence-corrected chi connectivity index (χ4v) is 1.50. The summed E-state index contributed by atoms with van der Waals surface area (Å²) < 4.78 is 0. The molecule has 0 amide bonds. The molecule has 0 aromatic heterocycles. The van der Waals surface area contributed by atoms with Crippen LogP contribution in [0.3, 0.4) is 0 Å². The summed E-state index contributed by atoms with van der Waals surface area (Å²) in [5.41, 5.74) is 10.5. The Morgan fingerprint density at radius 3 is 2.69 bits per heavy atom. The van der Waals surface area contributed by atoms with Gasteiger partial charge in [0.2, 0.25) is 0 Å². The monoisotopic (exact) mass is 175 g/mol. The van der Waals surface area contributed by atoms with Crippen LogP contribution in [0.1, 0.15) is 23.6 Å². The van der Waals surface area contributed by atoms with E-state index in [4.69, 9.17) is 5.73 Å². The van der Waals surface area contributed by atoms with Crippen LogP contribution in [-0.2, 0) is 6.42 Å². The van der Waals surface area contributed by atoms with E-state index in [-0.39, 0.29) is 0 Å². The van der Waals surface area contributed by atoms with Crippen LogP contribution < -0.4 is 5.73 Å². The first-order valence-electron chi connectivity index (χ1n) is 4.60. The molecule has 0 radical (unpaired) electrons. The van der Waals surface area contributed by atoms with Crippen molar-refractivity contribution in [1.29, 1.82) is 0 Å². The van der Waals surface area contributed by atoms with Gasteiger partial charge in [-0.05, 0) is 37.9 Å². The lowest BCUT2D eigenvalue weighted by atomic mass is 9.97. The van der Waals surface area contributed by atoms with Crippen molar-refractivity contribution in [1.82, 2.24) is 0 Å². The zero-order valence-electron chi connectivity index (χ0n) is 8.43. The first-order chi connectivity index (χ1) is 6.15. The van der Waals surface area contributed by atoms with Crippen molar-refractivity contribution >= 4 is 5.57 Å². The predicted molar refractivity (Wildman–Crippen MR) is 58.6 cm³/mol. The van der Waals surface area contributed by atoms with Crippen LogP contribution in [0, 0.1) is 6.92 Å². The normalized spacial score (nSPS) is 10.1. The quantitative estimate of drug-likeness (QED) is 0.750. The third kappa shape index (κ3) is 2.43. The van der Waals surface area contributed by atoms with E-state index in [1.165, 1.54) is 16.7 Å². The van der Waals surface area contributed by atoms with Crippen molar-refractivity contribution in [3.05, 3.63) is 41.5 Å². The maximum absolute atomic E-state index is 5.55. The van der Waals surface area contributed by atoms with Crippen molar-refractivity contribution < 1.29 is 0 Å². The largest absolute Gasteiger partial charge is 0.330 e. The summed E-state index contributed by atoms with van der Waals surface area (Å²) in [6.45, 7) is 8.79. The summed E-state index contributed by atoms with van der Waals surface area (Å²) in [5, 5.41) is 0. The van der Waals surface area contributed by atoms with Gasteiger partial charge in [-0.15, -0.1) is 0 Å². The third-order valence-corrected chi connectivity index (χ3v) is 2.13. The Balaban J connectivity index is 3.10. The Bertz CT molecular complexity index is 313. The Labute approximate surface area is 80.3 Å². The van der Waals surface area contributed by atoms with E-state index in [0.29, 0.717) is 6.54 Å². The van der Waals surface area contributed by atoms with Crippen molar-refractivity contribution in [3.8, 4) is 0 Å². The second-order valence-corrected chi connectivity index (χ2v) is 3.48. The van der Waals surface area contributed by atoms with Gasteiger partial charge >= 0.3 is 0 Å². The predicted octanol–water partition coefficient (Wildman–Crippen LogP) is 2.53. The Morgan fingerprint density at radius 1 is 1.46 bits per heavy atom. The smallest absolute Gasteiger partial charge is 0.00365 e. The minimum atomic E-state index is 0.698. The van der Waals surface area contributed by atoms with Crippen molar-refractivity contribution in [2.75, 3.05) is 6.54 Å². The van der Waals surface area contributed by atoms with E-state index >= 15 is 0 Å². The molecule has 0 spiro atoms. The number of allylic oxidation sites excluding steroid dienone is 1. The molecule has 0 saturated heterocycles. The van der Waals surface area contributed by atoms with Crippen molar-refractivity contribution in [3.63, 3.8) is 0 Å². The third-order valence-electron chi connectivity index (χ3n) is 2.13. The minimum absolute atomic E-state index is 0.698. The summed E-state index contributed by atoms with van der Waals surface area (Å²) in [6.07, 6.45) is 0.934. The maximum Gasteiger partial charge on any atom is -0.00365 e. The second kappa shape index (κ2) is 4.24. The number of rotatable bonds is 3. The van der Waals surface area contributed by atoms with Gasteiger partial charge in [0.15, 0.2) is 0 Å². The number of nitrogens with two attached hydrogens (primary N) is 1. The molecule has 0 aliphatic heterocycles. The molecule has 0 fully saturated rings. The van der Waals surface area contributed by atoms with E-state index < -0.39 is 0 Å². The van der Waals surface area contributed by atoms with Gasteiger partial charge in [0, 0.05) is 0 Å². The number of hydrogen-bond donors (Lipinski definition) is 1. The molecule has 0 atom stereocenters. The van der Waals surface area contributed by atoms with Gasteiger partial charge in [-0.1, -0.05) is 35.9 Å². The molecule has 1 aromatic rings. The molecule has 70 valence electrons. The minimum Gasteiger partial charge on any atom is -0.330 e. The molecule has 2 N–H and O–H groups in total. The summed E-state index contributed by atoms with van der Waals surface area (Å²) >= 11 is 0. The molecule has 1 rings (SSSR count). The van der Waals surface area contributed by atoms with Gasteiger partial charge in [0.1, 0.15) is 0 Å². The highest BCUT2D eigenvalue weighted by atomic mass is 14.5. The SMILES string of the molecule is C=C(C)c1ccc(C)cc1CCN. The maximum atomic E-state index is 5.55. The molecular formula is C12H17N. The molecule has 0 heterocycles. The van der Waals surface area contributed by atoms with E-state index in [1.807, 2.05) is 6.92 Å². The van der Waals surface area contributed by atoms with Gasteiger partial charge in [0.25, 0.3) is 0 Å². The number of aryl methyl sites for hydroxylation is 1. The molecule has 0 aliphatic rings. The number of hydrogen-bond acceptors (Lipinski definition) is 1. The molecule has 0 bridgehead atoms. The van der Waals surface area contributed by atoms with Gasteiger partial charge in [-0.25, -0.2) is 0 Å². The highest BCUT2D eigenvalue weighted by Crippen LogP contribution is 2.18. The van der Waals surface area contributed by atoms with Gasteiger partial charge in [-0.3, -0.25) is 0 Å². The zero-order chi connectivity index (χ0) is 9.84. The summed E-state index contributed by atoms with van der Waals surface area (Å²) in [5.74, 6) is 0. The van der Waals surface area contributed by atoms with E-state index in [0.717, 1.165) is 12.0 Å². The summed E-state index contributed by atoms with van der Waals surface area (Å²) in [4.78, 5) is 0. The molecule has 1 aromatic carbocycles. The van der Waals surface area contributed by atoms with Crippen LogP contribution in [-0.4, -0.2) is 6.54 Å². The lowest BCUT2D eigenvalue weighted by Crippen LogP contribution is -2.04. The lowest BCUT2D eigenvalue weighted by molar-refractivity contribution is 0.962. The highest BCUT2D eigenvalue weighted by Gasteiger charge is 2.01. The van der Waals surface area contributed by atoms with Gasteiger partial charge < -0.3 is 5.73 Å². The van der Waals surface area contributed by atoms with Crippen molar-refractivity contribution in [2.45, 2.75) is 20.3 Å². The molecule has 0 unspecified atom stereocenters. The van der Waals surface area contributed by atoms with Gasteiger partial charge in [0.05, 0.1) is 0 Å². The fraction of sp³-hybridized carbons (Fsp3) is 0.333. The molecule has 1 heteroatoms. The molecule has 1 nitrogen and oxygen atoms in total.